The minimum Gasteiger partial charge on any atom is -0.393 e. The molecule has 0 spiro atoms. The van der Waals surface area contributed by atoms with Crippen LogP contribution >= 0.6 is 11.9 Å². The molecule has 0 aromatic rings. The lowest BCUT2D eigenvalue weighted by Crippen LogP contribution is -2.50. The SMILES string of the molecule is CC(C)CCC[C@@H](C)[C@H]1CC[C@H]2[C@@H]3CC=C4CC(O)CC[C@]4(C)[C@H]3CC[C@]12C.O=COCl. The number of aliphatic hydroxyl groups excluding tert-OH is 1. The Morgan fingerprint density at radius 2 is 1.84 bits per heavy atom. The van der Waals surface area contributed by atoms with Crippen LogP contribution < -0.4 is 0 Å². The van der Waals surface area contributed by atoms with Crippen LogP contribution in [-0.4, -0.2) is 17.7 Å². The molecular formula is C28H47ClO3. The van der Waals surface area contributed by atoms with Gasteiger partial charge in [0.15, 0.2) is 0 Å². The van der Waals surface area contributed by atoms with Crippen molar-refractivity contribution >= 4 is 18.3 Å². The van der Waals surface area contributed by atoms with Crippen LogP contribution in [0.15, 0.2) is 11.6 Å². The zero-order chi connectivity index (χ0) is 23.5. The van der Waals surface area contributed by atoms with Gasteiger partial charge in [-0.1, -0.05) is 65.5 Å². The molecule has 8 atom stereocenters. The predicted octanol–water partition coefficient (Wildman–Crippen LogP) is 7.70. The molecule has 0 saturated heterocycles. The normalized spacial score (nSPS) is 41.4. The van der Waals surface area contributed by atoms with Crippen LogP contribution in [0.3, 0.4) is 0 Å². The van der Waals surface area contributed by atoms with Gasteiger partial charge in [-0.15, -0.1) is 0 Å². The van der Waals surface area contributed by atoms with Gasteiger partial charge in [-0.25, -0.2) is 0 Å². The summed E-state index contributed by atoms with van der Waals surface area (Å²) in [4.78, 5) is 8.82. The van der Waals surface area contributed by atoms with E-state index in [1.807, 2.05) is 0 Å². The highest BCUT2D eigenvalue weighted by atomic mass is 35.5. The lowest BCUT2D eigenvalue weighted by molar-refractivity contribution is -0.120. The Balaban J connectivity index is 0.000000668. The first-order valence-corrected chi connectivity index (χ1v) is 13.6. The summed E-state index contributed by atoms with van der Waals surface area (Å²) >= 11 is 4.32. The van der Waals surface area contributed by atoms with Crippen molar-refractivity contribution in [3.63, 3.8) is 0 Å². The van der Waals surface area contributed by atoms with Gasteiger partial charge in [-0.05, 0) is 97.7 Å². The monoisotopic (exact) mass is 466 g/mol. The summed E-state index contributed by atoms with van der Waals surface area (Å²) in [5.41, 5.74) is 2.60. The van der Waals surface area contributed by atoms with Crippen LogP contribution in [0.1, 0.15) is 105 Å². The number of carbonyl (C=O) groups is 1. The number of fused-ring (bicyclic) bond motifs is 5. The van der Waals surface area contributed by atoms with Crippen molar-refractivity contribution in [3.8, 4) is 0 Å². The summed E-state index contributed by atoms with van der Waals surface area (Å²) in [7, 11) is 0. The number of hydrogen-bond donors (Lipinski definition) is 1. The van der Waals surface area contributed by atoms with Gasteiger partial charge in [0.2, 0.25) is 0 Å². The lowest BCUT2D eigenvalue weighted by atomic mass is 9.47. The Morgan fingerprint density at radius 1 is 1.12 bits per heavy atom. The highest BCUT2D eigenvalue weighted by Crippen LogP contribution is 2.67. The minimum absolute atomic E-state index is 0.0766. The molecule has 0 bridgehead atoms. The maximum absolute atomic E-state index is 10.2. The first kappa shape index (κ1) is 26.1. The summed E-state index contributed by atoms with van der Waals surface area (Å²) < 4.78 is 3.33. The zero-order valence-corrected chi connectivity index (χ0v) is 21.9. The Hall–Kier alpha value is -0.540. The molecule has 0 aromatic heterocycles. The molecule has 4 aliphatic carbocycles. The third-order valence-electron chi connectivity index (χ3n) is 10.3. The van der Waals surface area contributed by atoms with Crippen molar-refractivity contribution in [2.24, 2.45) is 46.3 Å². The fourth-order valence-corrected chi connectivity index (χ4v) is 8.67. The average Bonchev–Trinajstić information content (AvgIpc) is 3.11. The molecule has 1 N–H and O–H groups in total. The second-order valence-corrected chi connectivity index (χ2v) is 12.5. The molecule has 0 aromatic carbocycles. The lowest BCUT2D eigenvalue weighted by Gasteiger charge is -2.58. The molecule has 0 radical (unpaired) electrons. The van der Waals surface area contributed by atoms with E-state index in [1.54, 1.807) is 5.57 Å². The molecule has 4 heteroatoms. The zero-order valence-electron chi connectivity index (χ0n) is 21.1. The van der Waals surface area contributed by atoms with E-state index in [4.69, 9.17) is 4.79 Å². The highest BCUT2D eigenvalue weighted by molar-refractivity contribution is 6.10. The Bertz CT molecular complexity index is 661. The summed E-state index contributed by atoms with van der Waals surface area (Å²) in [5, 5.41) is 10.2. The second kappa shape index (κ2) is 10.8. The first-order valence-electron chi connectivity index (χ1n) is 13.3. The number of aliphatic hydroxyl groups is 1. The molecule has 0 amide bonds. The second-order valence-electron chi connectivity index (χ2n) is 12.4. The number of carbonyl (C=O) groups excluding carboxylic acids is 1. The molecule has 1 unspecified atom stereocenters. The van der Waals surface area contributed by atoms with Crippen molar-refractivity contribution in [1.82, 2.24) is 0 Å². The van der Waals surface area contributed by atoms with E-state index in [0.29, 0.717) is 10.8 Å². The average molecular weight is 467 g/mol. The van der Waals surface area contributed by atoms with E-state index in [0.717, 1.165) is 48.3 Å². The van der Waals surface area contributed by atoms with Gasteiger partial charge < -0.3 is 9.40 Å². The van der Waals surface area contributed by atoms with E-state index in [9.17, 15) is 5.11 Å². The van der Waals surface area contributed by atoms with Crippen molar-refractivity contribution < 1.29 is 14.2 Å². The summed E-state index contributed by atoms with van der Waals surface area (Å²) in [6.45, 7) is 12.7. The molecular weight excluding hydrogens is 420 g/mol. The van der Waals surface area contributed by atoms with E-state index in [-0.39, 0.29) is 12.6 Å². The van der Waals surface area contributed by atoms with E-state index >= 15 is 0 Å². The highest BCUT2D eigenvalue weighted by Gasteiger charge is 2.59. The summed E-state index contributed by atoms with van der Waals surface area (Å²) in [6.07, 6.45) is 17.2. The smallest absolute Gasteiger partial charge is 0.312 e. The molecule has 4 aliphatic rings. The summed E-state index contributed by atoms with van der Waals surface area (Å²) in [6, 6.07) is 0. The Morgan fingerprint density at radius 3 is 2.50 bits per heavy atom. The molecule has 4 rings (SSSR count). The third-order valence-corrected chi connectivity index (χ3v) is 10.4. The van der Waals surface area contributed by atoms with Crippen LogP contribution in [0.4, 0.5) is 0 Å². The number of allylic oxidation sites excluding steroid dienone is 1. The maximum Gasteiger partial charge on any atom is 0.312 e. The summed E-state index contributed by atoms with van der Waals surface area (Å²) in [5.74, 6) is 5.46. The van der Waals surface area contributed by atoms with Crippen molar-refractivity contribution in [1.29, 1.82) is 0 Å². The van der Waals surface area contributed by atoms with E-state index in [2.05, 4.69) is 56.9 Å². The largest absolute Gasteiger partial charge is 0.393 e. The van der Waals surface area contributed by atoms with E-state index in [1.165, 1.54) is 57.8 Å². The topological polar surface area (TPSA) is 46.5 Å². The van der Waals surface area contributed by atoms with Crippen molar-refractivity contribution in [2.45, 2.75) is 111 Å². The maximum atomic E-state index is 10.2. The van der Waals surface area contributed by atoms with Crippen LogP contribution in [-0.2, 0) is 9.08 Å². The van der Waals surface area contributed by atoms with Gasteiger partial charge in [0.25, 0.3) is 0 Å². The van der Waals surface area contributed by atoms with Gasteiger partial charge in [0, 0.05) is 0 Å². The van der Waals surface area contributed by atoms with Gasteiger partial charge in [-0.3, -0.25) is 4.79 Å². The fourth-order valence-electron chi connectivity index (χ4n) is 8.67. The van der Waals surface area contributed by atoms with Gasteiger partial charge in [0.1, 0.15) is 11.9 Å². The Kier molecular flexibility index (Phi) is 8.80. The molecule has 3 nitrogen and oxygen atoms in total. The van der Waals surface area contributed by atoms with Gasteiger partial charge in [-0.2, -0.15) is 0 Å². The van der Waals surface area contributed by atoms with Gasteiger partial charge >= 0.3 is 6.47 Å². The fraction of sp³-hybridized carbons (Fsp3) is 0.893. The molecule has 0 heterocycles. The van der Waals surface area contributed by atoms with Crippen LogP contribution in [0.5, 0.6) is 0 Å². The van der Waals surface area contributed by atoms with E-state index < -0.39 is 0 Å². The van der Waals surface area contributed by atoms with Crippen LogP contribution in [0.25, 0.3) is 0 Å². The standard InChI is InChI=1S/C27H46O.CHClO2/c1-18(2)7-6-8-19(3)23-11-12-24-22-10-9-20-17-21(28)13-15-26(20,4)25(22)14-16-27(23,24)5;2-4-1-3/h9,18-19,21-25,28H,6-8,10-17H2,1-5H3;1H/t19-,21?,22+,23-,24+,25+,26+,27-;/m1./s1. The quantitative estimate of drug-likeness (QED) is 0.322. The molecule has 3 saturated carbocycles. The van der Waals surface area contributed by atoms with Gasteiger partial charge in [0.05, 0.1) is 6.10 Å². The van der Waals surface area contributed by atoms with Crippen LogP contribution in [0.2, 0.25) is 0 Å². The van der Waals surface area contributed by atoms with Crippen molar-refractivity contribution in [3.05, 3.63) is 11.6 Å². The number of halogens is 1. The molecule has 32 heavy (non-hydrogen) atoms. The van der Waals surface area contributed by atoms with Crippen LogP contribution in [0, 0.1) is 46.3 Å². The molecule has 184 valence electrons. The predicted molar refractivity (Wildman–Crippen MR) is 132 cm³/mol. The molecule has 3 fully saturated rings. The Labute approximate surface area is 201 Å². The minimum atomic E-state index is -0.0766. The molecule has 0 aliphatic heterocycles. The van der Waals surface area contributed by atoms with Crippen molar-refractivity contribution in [2.75, 3.05) is 0 Å². The third kappa shape index (κ3) is 5.09. The number of rotatable bonds is 6. The number of hydrogen-bond acceptors (Lipinski definition) is 3. The first-order chi connectivity index (χ1) is 15.2.